The molecule has 0 saturated heterocycles. The Morgan fingerprint density at radius 3 is 2.53 bits per heavy atom. The average Bonchev–Trinajstić information content (AvgIpc) is 2.91. The zero-order chi connectivity index (χ0) is 11.8. The number of fused-ring (bicyclic) bond motifs is 2. The first kappa shape index (κ1) is 11.7. The van der Waals surface area contributed by atoms with Gasteiger partial charge in [-0.1, -0.05) is 34.5 Å². The van der Waals surface area contributed by atoms with E-state index in [0.29, 0.717) is 6.04 Å². The van der Waals surface area contributed by atoms with Crippen LogP contribution in [-0.2, 0) is 0 Å². The second-order valence-electron chi connectivity index (χ2n) is 5.72. The zero-order valence-electron chi connectivity index (χ0n) is 10.3. The Hall–Kier alpha value is -0.340. The lowest BCUT2D eigenvalue weighted by molar-refractivity contribution is 0.327. The van der Waals surface area contributed by atoms with Gasteiger partial charge in [-0.25, -0.2) is 0 Å². The van der Waals surface area contributed by atoms with Gasteiger partial charge in [-0.3, -0.25) is 0 Å². The molecule has 0 spiro atoms. The highest BCUT2D eigenvalue weighted by Crippen LogP contribution is 2.45. The van der Waals surface area contributed by atoms with Crippen molar-refractivity contribution in [1.29, 1.82) is 0 Å². The third-order valence-electron chi connectivity index (χ3n) is 4.57. The first-order valence-electron chi connectivity index (χ1n) is 6.74. The number of hydrogen-bond acceptors (Lipinski definition) is 1. The molecule has 92 valence electrons. The Labute approximate surface area is 112 Å². The van der Waals surface area contributed by atoms with E-state index in [1.165, 1.54) is 31.2 Å². The predicted octanol–water partition coefficient (Wildman–Crippen LogP) is 4.29. The summed E-state index contributed by atoms with van der Waals surface area (Å²) in [6, 6.07) is 9.95. The monoisotopic (exact) mass is 293 g/mol. The van der Waals surface area contributed by atoms with Crippen LogP contribution in [0.2, 0.25) is 0 Å². The highest BCUT2D eigenvalue weighted by Gasteiger charge is 2.39. The van der Waals surface area contributed by atoms with Crippen molar-refractivity contribution in [3.63, 3.8) is 0 Å². The number of hydrogen-bond donors (Lipinski definition) is 1. The summed E-state index contributed by atoms with van der Waals surface area (Å²) >= 11 is 3.49. The number of benzene rings is 1. The first-order chi connectivity index (χ1) is 8.22. The quantitative estimate of drug-likeness (QED) is 0.877. The molecular formula is C15H20BrN. The van der Waals surface area contributed by atoms with Gasteiger partial charge in [0.2, 0.25) is 0 Å². The van der Waals surface area contributed by atoms with Gasteiger partial charge in [0, 0.05) is 16.6 Å². The predicted molar refractivity (Wildman–Crippen MR) is 74.9 cm³/mol. The summed E-state index contributed by atoms with van der Waals surface area (Å²) in [4.78, 5) is 0. The maximum atomic E-state index is 3.83. The Balaban J connectivity index is 1.63. The van der Waals surface area contributed by atoms with Gasteiger partial charge in [-0.15, -0.1) is 0 Å². The van der Waals surface area contributed by atoms with E-state index in [1.54, 1.807) is 0 Å². The highest BCUT2D eigenvalue weighted by molar-refractivity contribution is 9.10. The van der Waals surface area contributed by atoms with Crippen molar-refractivity contribution >= 4 is 15.9 Å². The minimum atomic E-state index is 0.479. The topological polar surface area (TPSA) is 12.0 Å². The van der Waals surface area contributed by atoms with Gasteiger partial charge < -0.3 is 5.32 Å². The van der Waals surface area contributed by atoms with Crippen LogP contribution in [0.3, 0.4) is 0 Å². The first-order valence-corrected chi connectivity index (χ1v) is 7.53. The van der Waals surface area contributed by atoms with Crippen molar-refractivity contribution in [3.05, 3.63) is 34.3 Å². The lowest BCUT2D eigenvalue weighted by atomic mass is 9.94. The molecule has 1 aromatic carbocycles. The maximum Gasteiger partial charge on any atom is 0.0294 e. The number of rotatable bonds is 3. The van der Waals surface area contributed by atoms with Crippen LogP contribution in [-0.4, -0.2) is 6.04 Å². The van der Waals surface area contributed by atoms with E-state index in [4.69, 9.17) is 0 Å². The van der Waals surface area contributed by atoms with Gasteiger partial charge >= 0.3 is 0 Å². The molecular weight excluding hydrogens is 274 g/mol. The molecule has 0 aliphatic heterocycles. The molecule has 2 heteroatoms. The normalized spacial score (nSPS) is 32.9. The van der Waals surface area contributed by atoms with Crippen LogP contribution >= 0.6 is 15.9 Å². The van der Waals surface area contributed by atoms with Crippen LogP contribution in [0.4, 0.5) is 0 Å². The third kappa shape index (κ3) is 2.43. The highest BCUT2D eigenvalue weighted by atomic mass is 79.9. The standard InChI is InChI=1S/C15H20BrN/c1-10(12-4-6-14(16)7-5-12)17-15-9-11-2-3-13(15)8-11/h4-7,10-11,13,15,17H,2-3,8-9H2,1H3/t10-,11?,13?,15?/m1/s1. The molecule has 2 bridgehead atoms. The van der Waals surface area contributed by atoms with E-state index in [1.807, 2.05) is 0 Å². The van der Waals surface area contributed by atoms with Crippen LogP contribution < -0.4 is 5.32 Å². The lowest BCUT2D eigenvalue weighted by Gasteiger charge is -2.27. The van der Waals surface area contributed by atoms with E-state index < -0.39 is 0 Å². The summed E-state index contributed by atoms with van der Waals surface area (Å²) < 4.78 is 1.16. The number of nitrogens with one attached hydrogen (secondary N) is 1. The van der Waals surface area contributed by atoms with Crippen LogP contribution in [0.15, 0.2) is 28.7 Å². The molecule has 3 rings (SSSR count). The van der Waals surface area contributed by atoms with Gasteiger partial charge in [0.1, 0.15) is 0 Å². The van der Waals surface area contributed by atoms with Crippen molar-refractivity contribution in [1.82, 2.24) is 5.32 Å². The van der Waals surface area contributed by atoms with Gasteiger partial charge in [0.25, 0.3) is 0 Å². The van der Waals surface area contributed by atoms with E-state index in [9.17, 15) is 0 Å². The summed E-state index contributed by atoms with van der Waals surface area (Å²) in [6.07, 6.45) is 5.82. The Morgan fingerprint density at radius 1 is 1.18 bits per heavy atom. The van der Waals surface area contributed by atoms with Gasteiger partial charge in [0.05, 0.1) is 0 Å². The Kier molecular flexibility index (Phi) is 3.27. The summed E-state index contributed by atoms with van der Waals surface area (Å²) in [7, 11) is 0. The van der Waals surface area contributed by atoms with Crippen molar-refractivity contribution in [3.8, 4) is 0 Å². The minimum Gasteiger partial charge on any atom is -0.307 e. The van der Waals surface area contributed by atoms with E-state index in [-0.39, 0.29) is 0 Å². The van der Waals surface area contributed by atoms with Crippen LogP contribution in [0.25, 0.3) is 0 Å². The molecule has 17 heavy (non-hydrogen) atoms. The molecule has 0 heterocycles. The SMILES string of the molecule is C[C@@H](NC1CC2CCC1C2)c1ccc(Br)cc1. The zero-order valence-corrected chi connectivity index (χ0v) is 11.9. The molecule has 0 aromatic heterocycles. The maximum absolute atomic E-state index is 3.83. The molecule has 0 amide bonds. The molecule has 2 aliphatic carbocycles. The van der Waals surface area contributed by atoms with Crippen molar-refractivity contribution in [2.24, 2.45) is 11.8 Å². The molecule has 1 N–H and O–H groups in total. The Bertz CT molecular complexity index is 386. The van der Waals surface area contributed by atoms with Crippen LogP contribution in [0, 0.1) is 11.8 Å². The fourth-order valence-electron chi connectivity index (χ4n) is 3.62. The molecule has 2 fully saturated rings. The minimum absolute atomic E-state index is 0.479. The van der Waals surface area contributed by atoms with Crippen LogP contribution in [0.5, 0.6) is 0 Å². The molecule has 1 nitrogen and oxygen atoms in total. The molecule has 4 atom stereocenters. The average molecular weight is 294 g/mol. The van der Waals surface area contributed by atoms with Gasteiger partial charge in [0.15, 0.2) is 0 Å². The molecule has 2 aliphatic rings. The summed E-state index contributed by atoms with van der Waals surface area (Å²) in [6.45, 7) is 2.29. The van der Waals surface area contributed by atoms with Gasteiger partial charge in [-0.2, -0.15) is 0 Å². The summed E-state index contributed by atoms with van der Waals surface area (Å²) in [5.41, 5.74) is 1.40. The molecule has 3 unspecified atom stereocenters. The second-order valence-corrected chi connectivity index (χ2v) is 6.64. The van der Waals surface area contributed by atoms with Crippen molar-refractivity contribution in [2.45, 2.75) is 44.7 Å². The Morgan fingerprint density at radius 2 is 1.94 bits per heavy atom. The third-order valence-corrected chi connectivity index (χ3v) is 5.10. The molecule has 1 aromatic rings. The summed E-state index contributed by atoms with van der Waals surface area (Å²) in [5, 5.41) is 3.83. The van der Waals surface area contributed by atoms with E-state index >= 15 is 0 Å². The van der Waals surface area contributed by atoms with Crippen LogP contribution in [0.1, 0.15) is 44.2 Å². The van der Waals surface area contributed by atoms with E-state index in [0.717, 1.165) is 22.4 Å². The van der Waals surface area contributed by atoms with Crippen molar-refractivity contribution in [2.75, 3.05) is 0 Å². The smallest absolute Gasteiger partial charge is 0.0294 e. The second kappa shape index (κ2) is 4.74. The fourth-order valence-corrected chi connectivity index (χ4v) is 3.88. The largest absolute Gasteiger partial charge is 0.307 e. The fraction of sp³-hybridized carbons (Fsp3) is 0.600. The van der Waals surface area contributed by atoms with Crippen molar-refractivity contribution < 1.29 is 0 Å². The summed E-state index contributed by atoms with van der Waals surface area (Å²) in [5.74, 6) is 1.98. The lowest BCUT2D eigenvalue weighted by Crippen LogP contribution is -2.35. The number of halogens is 1. The van der Waals surface area contributed by atoms with Gasteiger partial charge in [-0.05, 0) is 55.7 Å². The molecule has 0 radical (unpaired) electrons. The van der Waals surface area contributed by atoms with E-state index in [2.05, 4.69) is 52.4 Å². The molecule has 2 saturated carbocycles.